The van der Waals surface area contributed by atoms with Crippen LogP contribution in [-0.4, -0.2) is 21.1 Å². The second-order valence-corrected chi connectivity index (χ2v) is 7.06. The first kappa shape index (κ1) is 19.0. The summed E-state index contributed by atoms with van der Waals surface area (Å²) in [6.07, 6.45) is 0.461. The molecule has 0 aliphatic heterocycles. The highest BCUT2D eigenvalue weighted by molar-refractivity contribution is 8.00. The lowest BCUT2D eigenvalue weighted by atomic mass is 10.2. The summed E-state index contributed by atoms with van der Waals surface area (Å²) < 4.78 is 0. The average Bonchev–Trinajstić information content (AvgIpc) is 2.58. The Morgan fingerprint density at radius 2 is 2.24 bits per heavy atom. The number of nitriles is 1. The van der Waals surface area contributed by atoms with E-state index in [2.05, 4.69) is 15.3 Å². The molecular weight excluding hydrogens is 360 g/mol. The number of H-pyrrole nitrogens is 1. The maximum Gasteiger partial charge on any atom is 0.269 e. The zero-order valence-corrected chi connectivity index (χ0v) is 15.6. The van der Waals surface area contributed by atoms with Crippen LogP contribution in [0.5, 0.6) is 0 Å². The van der Waals surface area contributed by atoms with E-state index < -0.39 is 10.8 Å². The summed E-state index contributed by atoms with van der Waals surface area (Å²) in [4.78, 5) is 31.1. The van der Waals surface area contributed by atoms with E-state index in [9.17, 15) is 9.59 Å². The number of aromatic nitrogens is 2. The molecule has 1 heterocycles. The topological polar surface area (TPSA) is 98.6 Å². The maximum atomic E-state index is 12.4. The van der Waals surface area contributed by atoms with Crippen molar-refractivity contribution in [2.45, 2.75) is 37.6 Å². The second-order valence-electron chi connectivity index (χ2n) is 5.32. The van der Waals surface area contributed by atoms with Gasteiger partial charge >= 0.3 is 0 Å². The van der Waals surface area contributed by atoms with Crippen molar-refractivity contribution in [1.82, 2.24) is 9.97 Å². The van der Waals surface area contributed by atoms with E-state index >= 15 is 0 Å². The van der Waals surface area contributed by atoms with Gasteiger partial charge in [-0.1, -0.05) is 36.4 Å². The van der Waals surface area contributed by atoms with Crippen LogP contribution in [0.3, 0.4) is 0 Å². The van der Waals surface area contributed by atoms with Gasteiger partial charge in [0.1, 0.15) is 11.6 Å². The first-order valence-electron chi connectivity index (χ1n) is 7.63. The Bertz CT molecular complexity index is 904. The molecule has 0 aliphatic carbocycles. The van der Waals surface area contributed by atoms with Crippen LogP contribution in [0.1, 0.15) is 30.7 Å². The fourth-order valence-corrected chi connectivity index (χ4v) is 3.11. The number of nitrogens with one attached hydrogen (secondary N) is 2. The zero-order chi connectivity index (χ0) is 18.6. The summed E-state index contributed by atoms with van der Waals surface area (Å²) in [5, 5.41) is 12.2. The molecule has 25 heavy (non-hydrogen) atoms. The van der Waals surface area contributed by atoms with Crippen LogP contribution in [0.4, 0.5) is 5.69 Å². The van der Waals surface area contributed by atoms with Gasteiger partial charge in [0.15, 0.2) is 5.16 Å². The zero-order valence-electron chi connectivity index (χ0n) is 14.0. The molecule has 1 atom stereocenters. The molecule has 2 aromatic rings. The fourth-order valence-electron chi connectivity index (χ4n) is 2.12. The third-order valence-electron chi connectivity index (χ3n) is 3.60. The lowest BCUT2D eigenvalue weighted by molar-refractivity contribution is -0.115. The Morgan fingerprint density at radius 3 is 2.88 bits per heavy atom. The summed E-state index contributed by atoms with van der Waals surface area (Å²) in [5.74, 6) is -0.236. The number of nitrogens with zero attached hydrogens (tertiary/aromatic N) is 2. The summed E-state index contributed by atoms with van der Waals surface area (Å²) in [7, 11) is 0. The first-order chi connectivity index (χ1) is 11.9. The average molecular weight is 377 g/mol. The minimum atomic E-state index is -0.501. The van der Waals surface area contributed by atoms with E-state index in [1.807, 2.05) is 19.9 Å². The van der Waals surface area contributed by atoms with Gasteiger partial charge in [0, 0.05) is 10.7 Å². The highest BCUT2D eigenvalue weighted by atomic mass is 35.5. The molecule has 0 fully saturated rings. The number of benzene rings is 1. The van der Waals surface area contributed by atoms with Gasteiger partial charge in [-0.2, -0.15) is 5.26 Å². The van der Waals surface area contributed by atoms with Crippen molar-refractivity contribution in [3.8, 4) is 6.07 Å². The molecule has 130 valence electrons. The van der Waals surface area contributed by atoms with Gasteiger partial charge in [-0.3, -0.25) is 9.59 Å². The summed E-state index contributed by atoms with van der Waals surface area (Å²) in [6, 6.07) is 7.14. The molecule has 0 aliphatic rings. The number of rotatable bonds is 5. The van der Waals surface area contributed by atoms with Crippen LogP contribution in [0.25, 0.3) is 0 Å². The minimum Gasteiger partial charge on any atom is -0.325 e. The summed E-state index contributed by atoms with van der Waals surface area (Å²) >= 11 is 7.18. The van der Waals surface area contributed by atoms with E-state index in [0.29, 0.717) is 28.0 Å². The minimum absolute atomic E-state index is 0.0125. The van der Waals surface area contributed by atoms with Crippen molar-refractivity contribution in [2.24, 2.45) is 0 Å². The van der Waals surface area contributed by atoms with E-state index in [-0.39, 0.29) is 11.5 Å². The smallest absolute Gasteiger partial charge is 0.269 e. The molecule has 0 radical (unpaired) electrons. The number of hydrogen-bond acceptors (Lipinski definition) is 5. The van der Waals surface area contributed by atoms with Crippen molar-refractivity contribution in [3.63, 3.8) is 0 Å². The standard InChI is InChI=1S/C17H17ClN4O2S/c1-4-13-11(8-19)16(24)22-17(21-13)25-10(3)15(23)20-14-7-5-6-12(18)9(14)2/h5-7,10H,4H2,1-3H3,(H,20,23)(H,21,22,24)/t10-/m1/s1. The number of halogens is 1. The number of hydrogen-bond donors (Lipinski definition) is 2. The SMILES string of the molecule is CCc1nc(S[C@H](C)C(=O)Nc2cccc(Cl)c2C)[nH]c(=O)c1C#N. The van der Waals surface area contributed by atoms with Crippen molar-refractivity contribution in [3.05, 3.63) is 50.4 Å². The third kappa shape index (κ3) is 4.41. The molecule has 8 heteroatoms. The molecule has 1 amide bonds. The van der Waals surface area contributed by atoms with E-state index in [1.165, 1.54) is 0 Å². The Balaban J connectivity index is 2.17. The lowest BCUT2D eigenvalue weighted by Gasteiger charge is -2.14. The van der Waals surface area contributed by atoms with Crippen LogP contribution >= 0.6 is 23.4 Å². The number of amides is 1. The van der Waals surface area contributed by atoms with Crippen LogP contribution in [-0.2, 0) is 11.2 Å². The lowest BCUT2D eigenvalue weighted by Crippen LogP contribution is -2.24. The first-order valence-corrected chi connectivity index (χ1v) is 8.89. The van der Waals surface area contributed by atoms with Gasteiger partial charge < -0.3 is 10.3 Å². The van der Waals surface area contributed by atoms with E-state index in [4.69, 9.17) is 16.9 Å². The Kier molecular flexibility index (Phi) is 6.23. The molecule has 0 saturated heterocycles. The fraction of sp³-hybridized carbons (Fsp3) is 0.294. The quantitative estimate of drug-likeness (QED) is 0.616. The van der Waals surface area contributed by atoms with Gasteiger partial charge in [-0.25, -0.2) is 4.98 Å². The highest BCUT2D eigenvalue weighted by Gasteiger charge is 2.18. The van der Waals surface area contributed by atoms with E-state index in [0.717, 1.165) is 17.3 Å². The van der Waals surface area contributed by atoms with Crippen LogP contribution in [0.15, 0.2) is 28.2 Å². The molecule has 0 unspecified atom stereocenters. The maximum absolute atomic E-state index is 12.4. The van der Waals surface area contributed by atoms with Crippen molar-refractivity contribution >= 4 is 35.0 Å². The van der Waals surface area contributed by atoms with Gasteiger partial charge in [0.2, 0.25) is 5.91 Å². The number of thioether (sulfide) groups is 1. The number of aryl methyl sites for hydroxylation is 1. The monoisotopic (exact) mass is 376 g/mol. The predicted octanol–water partition coefficient (Wildman–Crippen LogP) is 3.29. The van der Waals surface area contributed by atoms with Gasteiger partial charge in [0.05, 0.1) is 10.9 Å². The van der Waals surface area contributed by atoms with Crippen molar-refractivity contribution in [2.75, 3.05) is 5.32 Å². The molecule has 2 rings (SSSR count). The van der Waals surface area contributed by atoms with Gasteiger partial charge in [-0.05, 0) is 38.0 Å². The van der Waals surface area contributed by atoms with E-state index in [1.54, 1.807) is 25.1 Å². The summed E-state index contributed by atoms with van der Waals surface area (Å²) in [6.45, 7) is 5.35. The third-order valence-corrected chi connectivity index (χ3v) is 5.00. The van der Waals surface area contributed by atoms with Crippen LogP contribution in [0.2, 0.25) is 5.02 Å². The Morgan fingerprint density at radius 1 is 1.52 bits per heavy atom. The Labute approximate surface area is 154 Å². The molecule has 6 nitrogen and oxygen atoms in total. The summed E-state index contributed by atoms with van der Waals surface area (Å²) in [5.41, 5.74) is 1.37. The van der Waals surface area contributed by atoms with Crippen molar-refractivity contribution in [1.29, 1.82) is 5.26 Å². The Hall–Kier alpha value is -2.30. The van der Waals surface area contributed by atoms with Gasteiger partial charge in [0.25, 0.3) is 5.56 Å². The second kappa shape index (κ2) is 8.19. The number of aromatic amines is 1. The molecular formula is C17H17ClN4O2S. The molecule has 0 saturated carbocycles. The number of carbonyl (C=O) groups is 1. The highest BCUT2D eigenvalue weighted by Crippen LogP contribution is 2.25. The normalized spacial score (nSPS) is 11.6. The van der Waals surface area contributed by atoms with Crippen molar-refractivity contribution < 1.29 is 4.79 Å². The van der Waals surface area contributed by atoms with Crippen LogP contribution in [0, 0.1) is 18.3 Å². The predicted molar refractivity (Wildman–Crippen MR) is 99.1 cm³/mol. The largest absolute Gasteiger partial charge is 0.325 e. The molecule has 1 aromatic carbocycles. The number of carbonyl (C=O) groups excluding carboxylic acids is 1. The van der Waals surface area contributed by atoms with Gasteiger partial charge in [-0.15, -0.1) is 0 Å². The molecule has 2 N–H and O–H groups in total. The number of anilines is 1. The van der Waals surface area contributed by atoms with Crippen LogP contribution < -0.4 is 10.9 Å². The molecule has 0 spiro atoms. The molecule has 1 aromatic heterocycles. The molecule has 0 bridgehead atoms.